The predicted molar refractivity (Wildman–Crippen MR) is 228 cm³/mol. The van der Waals surface area contributed by atoms with Crippen LogP contribution in [0.3, 0.4) is 0 Å². The van der Waals surface area contributed by atoms with Crippen LogP contribution in [-0.4, -0.2) is 9.13 Å². The summed E-state index contributed by atoms with van der Waals surface area (Å²) in [4.78, 5) is 0. The van der Waals surface area contributed by atoms with E-state index in [1.807, 2.05) is 28.7 Å². The second kappa shape index (κ2) is 10.1. The molecule has 0 radical (unpaired) electrons. The first-order valence-electron chi connectivity index (χ1n) is 17.9. The molecule has 3 nitrogen and oxygen atoms in total. The highest BCUT2D eigenvalue weighted by atomic mass is 32.1. The van der Waals surface area contributed by atoms with Crippen LogP contribution in [-0.2, 0) is 0 Å². The maximum absolute atomic E-state index is 6.55. The number of nitrogens with zero attached hydrogens (tertiary/aromatic N) is 2. The molecule has 0 aliphatic carbocycles. The number of thiophene rings is 2. The van der Waals surface area contributed by atoms with Gasteiger partial charge in [0.05, 0.1) is 27.5 Å². The zero-order chi connectivity index (χ0) is 34.4. The largest absolute Gasteiger partial charge is 0.455 e. The molecule has 8 aromatic carbocycles. The minimum atomic E-state index is 0.923. The normalized spacial score (nSPS) is 12.5. The topological polar surface area (TPSA) is 23.0 Å². The summed E-state index contributed by atoms with van der Waals surface area (Å²) in [5, 5.41) is 12.6. The standard InChI is InChI=1S/C48H26N2OS2/c1-5-13-37-35(11-1)45-39(23-21-33-29-9-3-7-15-41(29)51-47(33)45)49(37)27-17-19-31-32-20-18-28(26-44(32)52-43(31)25-27)50-38-14-6-2-12-36(38)46-40(50)24-22-34-30-10-4-8-16-42(30)53-48(34)46/h1-26H. The summed E-state index contributed by atoms with van der Waals surface area (Å²) >= 11 is 3.78. The summed E-state index contributed by atoms with van der Waals surface area (Å²) in [6.07, 6.45) is 0. The smallest absolute Gasteiger partial charge is 0.145 e. The Balaban J connectivity index is 1.02. The lowest BCUT2D eigenvalue weighted by Crippen LogP contribution is -1.93. The van der Waals surface area contributed by atoms with E-state index in [4.69, 9.17) is 4.42 Å². The van der Waals surface area contributed by atoms with Gasteiger partial charge in [0.25, 0.3) is 0 Å². The zero-order valence-corrected chi connectivity index (χ0v) is 29.8. The summed E-state index contributed by atoms with van der Waals surface area (Å²) in [5.41, 5.74) is 9.03. The quantitative estimate of drug-likeness (QED) is 0.175. The molecule has 0 saturated heterocycles. The lowest BCUT2D eigenvalue weighted by molar-refractivity contribution is 0.673. The summed E-state index contributed by atoms with van der Waals surface area (Å²) in [6, 6.07) is 57.8. The van der Waals surface area contributed by atoms with Gasteiger partial charge in [0.2, 0.25) is 0 Å². The molecule has 0 unspecified atom stereocenters. The van der Waals surface area contributed by atoms with Crippen molar-refractivity contribution in [1.29, 1.82) is 0 Å². The average Bonchev–Trinajstić information content (AvgIpc) is 4.01. The molecular weight excluding hydrogens is 685 g/mol. The number of furan rings is 1. The summed E-state index contributed by atoms with van der Waals surface area (Å²) in [7, 11) is 0. The third-order valence-electron chi connectivity index (χ3n) is 11.3. The van der Waals surface area contributed by atoms with Crippen molar-refractivity contribution in [3.63, 3.8) is 0 Å². The van der Waals surface area contributed by atoms with E-state index in [1.165, 1.54) is 78.7 Å². The van der Waals surface area contributed by atoms with Crippen molar-refractivity contribution in [3.05, 3.63) is 158 Å². The van der Waals surface area contributed by atoms with Crippen molar-refractivity contribution in [2.45, 2.75) is 0 Å². The molecule has 0 N–H and O–H groups in total. The van der Waals surface area contributed by atoms with Crippen molar-refractivity contribution in [1.82, 2.24) is 9.13 Å². The first kappa shape index (κ1) is 28.2. The van der Waals surface area contributed by atoms with Crippen LogP contribution in [0, 0.1) is 0 Å². The molecular formula is C48H26N2OS2. The van der Waals surface area contributed by atoms with Crippen molar-refractivity contribution >= 4 is 129 Å². The van der Waals surface area contributed by atoms with Gasteiger partial charge in [-0.2, -0.15) is 0 Å². The van der Waals surface area contributed by atoms with Gasteiger partial charge in [-0.25, -0.2) is 0 Å². The van der Waals surface area contributed by atoms with E-state index in [1.54, 1.807) is 0 Å². The van der Waals surface area contributed by atoms with Crippen LogP contribution in [0.1, 0.15) is 0 Å². The molecule has 0 atom stereocenters. The summed E-state index contributed by atoms with van der Waals surface area (Å²) in [5.74, 6) is 0. The van der Waals surface area contributed by atoms with Gasteiger partial charge in [0.15, 0.2) is 0 Å². The van der Waals surface area contributed by atoms with Crippen molar-refractivity contribution in [2.75, 3.05) is 0 Å². The lowest BCUT2D eigenvalue weighted by atomic mass is 10.1. The van der Waals surface area contributed by atoms with E-state index in [-0.39, 0.29) is 0 Å². The van der Waals surface area contributed by atoms with Gasteiger partial charge in [-0.1, -0.05) is 91.0 Å². The maximum Gasteiger partial charge on any atom is 0.145 e. The van der Waals surface area contributed by atoms with Gasteiger partial charge in [-0.05, 0) is 66.7 Å². The molecule has 5 aromatic heterocycles. The fourth-order valence-corrected chi connectivity index (χ4v) is 11.5. The van der Waals surface area contributed by atoms with Crippen LogP contribution in [0.25, 0.3) is 117 Å². The fraction of sp³-hybridized carbons (Fsp3) is 0. The first-order chi connectivity index (χ1) is 26.3. The molecule has 246 valence electrons. The highest BCUT2D eigenvalue weighted by Gasteiger charge is 2.21. The Morgan fingerprint density at radius 2 is 0.887 bits per heavy atom. The highest BCUT2D eigenvalue weighted by molar-refractivity contribution is 7.27. The molecule has 53 heavy (non-hydrogen) atoms. The van der Waals surface area contributed by atoms with Crippen LogP contribution >= 0.6 is 22.7 Å². The van der Waals surface area contributed by atoms with Crippen molar-refractivity contribution < 1.29 is 4.42 Å². The van der Waals surface area contributed by atoms with E-state index in [0.29, 0.717) is 0 Å². The minimum Gasteiger partial charge on any atom is -0.455 e. The van der Waals surface area contributed by atoms with E-state index in [9.17, 15) is 0 Å². The summed E-state index contributed by atoms with van der Waals surface area (Å²) < 4.78 is 16.7. The van der Waals surface area contributed by atoms with Gasteiger partial charge in [-0.3, -0.25) is 0 Å². The summed E-state index contributed by atoms with van der Waals surface area (Å²) in [6.45, 7) is 0. The minimum absolute atomic E-state index is 0.923. The van der Waals surface area contributed by atoms with Crippen LogP contribution < -0.4 is 0 Å². The zero-order valence-electron chi connectivity index (χ0n) is 28.1. The van der Waals surface area contributed by atoms with Crippen molar-refractivity contribution in [3.8, 4) is 11.4 Å². The predicted octanol–water partition coefficient (Wildman–Crippen LogP) is 14.5. The van der Waals surface area contributed by atoms with Gasteiger partial charge in [0.1, 0.15) is 11.2 Å². The van der Waals surface area contributed by atoms with Gasteiger partial charge in [0, 0.05) is 78.7 Å². The van der Waals surface area contributed by atoms with Crippen LogP contribution in [0.15, 0.2) is 162 Å². The molecule has 0 amide bonds. The number of hydrogen-bond donors (Lipinski definition) is 0. The monoisotopic (exact) mass is 710 g/mol. The van der Waals surface area contributed by atoms with E-state index in [0.717, 1.165) is 38.5 Å². The van der Waals surface area contributed by atoms with Gasteiger partial charge < -0.3 is 13.6 Å². The Kier molecular flexibility index (Phi) is 5.40. The Bertz CT molecular complexity index is 3460. The van der Waals surface area contributed by atoms with E-state index < -0.39 is 0 Å². The number of hydrogen-bond acceptors (Lipinski definition) is 3. The van der Waals surface area contributed by atoms with Gasteiger partial charge in [-0.15, -0.1) is 22.7 Å². The molecule has 13 rings (SSSR count). The number of aromatic nitrogens is 2. The maximum atomic E-state index is 6.55. The Hall–Kier alpha value is -6.40. The Morgan fingerprint density at radius 1 is 0.358 bits per heavy atom. The molecule has 0 spiro atoms. The Morgan fingerprint density at radius 3 is 1.60 bits per heavy atom. The van der Waals surface area contributed by atoms with Crippen molar-refractivity contribution in [2.24, 2.45) is 0 Å². The van der Waals surface area contributed by atoms with Crippen LogP contribution in [0.5, 0.6) is 0 Å². The molecule has 13 aromatic rings. The first-order valence-corrected chi connectivity index (χ1v) is 19.6. The molecule has 5 heteroatoms. The molecule has 0 aliphatic heterocycles. The van der Waals surface area contributed by atoms with Gasteiger partial charge >= 0.3 is 0 Å². The number of fused-ring (bicyclic) bond motifs is 17. The third kappa shape index (κ3) is 3.67. The van der Waals surface area contributed by atoms with Crippen LogP contribution in [0.4, 0.5) is 0 Å². The SMILES string of the molecule is c1ccc2c(c1)oc1c2ccc2c1c1ccccc1n2-c1ccc2c(c1)sc1cc(-n3c4ccccc4c4c5sc6ccccc6c5ccc43)ccc12. The number of rotatable bonds is 2. The van der Waals surface area contributed by atoms with E-state index >= 15 is 0 Å². The second-order valence-corrected chi connectivity index (χ2v) is 16.2. The Labute approximate surface area is 309 Å². The molecule has 0 saturated carbocycles. The second-order valence-electron chi connectivity index (χ2n) is 14.0. The number of para-hydroxylation sites is 3. The highest BCUT2D eigenvalue weighted by Crippen LogP contribution is 2.45. The van der Waals surface area contributed by atoms with E-state index in [2.05, 4.69) is 161 Å². The molecule has 0 fully saturated rings. The van der Waals surface area contributed by atoms with Crippen LogP contribution in [0.2, 0.25) is 0 Å². The molecule has 0 aliphatic rings. The molecule has 0 bridgehead atoms. The lowest BCUT2D eigenvalue weighted by Gasteiger charge is -2.08. The average molecular weight is 711 g/mol. The molecule has 5 heterocycles. The third-order valence-corrected chi connectivity index (χ3v) is 13.6. The fourth-order valence-electron chi connectivity index (χ4n) is 9.06. The number of benzene rings is 8.